The molecule has 0 saturated heterocycles. The van der Waals surface area contributed by atoms with Crippen LogP contribution in [0.4, 0.5) is 36.8 Å². The van der Waals surface area contributed by atoms with E-state index in [1.807, 2.05) is 0 Å². The highest BCUT2D eigenvalue weighted by Crippen LogP contribution is 2.40. The number of anilines is 1. The summed E-state index contributed by atoms with van der Waals surface area (Å²) in [7, 11) is 0. The first-order valence-corrected chi connectivity index (χ1v) is 11.8. The molecule has 0 aromatic heterocycles. The van der Waals surface area contributed by atoms with Gasteiger partial charge in [-0.25, -0.2) is 4.79 Å². The van der Waals surface area contributed by atoms with Gasteiger partial charge in [0.2, 0.25) is 0 Å². The molecule has 4 nitrogen and oxygen atoms in total. The van der Waals surface area contributed by atoms with E-state index in [4.69, 9.17) is 16.3 Å². The van der Waals surface area contributed by atoms with E-state index in [-0.39, 0.29) is 24.3 Å². The van der Waals surface area contributed by atoms with Crippen LogP contribution < -0.4 is 10.2 Å². The molecule has 2 aromatic carbocycles. The Hall–Kier alpha value is -1.98. The van der Waals surface area contributed by atoms with Gasteiger partial charge in [0.15, 0.2) is 0 Å². The lowest BCUT2D eigenvalue weighted by Crippen LogP contribution is -2.34. The van der Waals surface area contributed by atoms with Crippen LogP contribution in [0.25, 0.3) is 0 Å². The molecule has 2 aromatic rings. The van der Waals surface area contributed by atoms with Crippen molar-refractivity contribution in [2.75, 3.05) is 11.4 Å². The second-order valence-corrected chi connectivity index (χ2v) is 9.66. The SMILES string of the molecule is CC(C)OC(=O)N1CCCC(NCc2cc(C(F)(F)F)cc(C(F)(F)F)c2)c2cc(Br)c(Cl)cc21. The third kappa shape index (κ3) is 6.83. The minimum Gasteiger partial charge on any atom is -0.446 e. The number of nitrogens with zero attached hydrogens (tertiary/aromatic N) is 1. The first-order valence-electron chi connectivity index (χ1n) is 10.7. The van der Waals surface area contributed by atoms with Gasteiger partial charge in [-0.3, -0.25) is 4.90 Å². The van der Waals surface area contributed by atoms with E-state index < -0.39 is 35.6 Å². The minimum absolute atomic E-state index is 0.0990. The van der Waals surface area contributed by atoms with Crippen molar-refractivity contribution in [3.63, 3.8) is 0 Å². The molecule has 1 amide bonds. The van der Waals surface area contributed by atoms with Crippen molar-refractivity contribution in [2.24, 2.45) is 0 Å². The van der Waals surface area contributed by atoms with Crippen LogP contribution in [0.1, 0.15) is 55.0 Å². The highest BCUT2D eigenvalue weighted by atomic mass is 79.9. The summed E-state index contributed by atoms with van der Waals surface area (Å²) >= 11 is 9.60. The summed E-state index contributed by atoms with van der Waals surface area (Å²) in [5, 5.41) is 3.39. The summed E-state index contributed by atoms with van der Waals surface area (Å²) < 4.78 is 85.2. The Morgan fingerprint density at radius 3 is 2.26 bits per heavy atom. The topological polar surface area (TPSA) is 41.6 Å². The highest BCUT2D eigenvalue weighted by molar-refractivity contribution is 9.10. The lowest BCUT2D eigenvalue weighted by Gasteiger charge is -2.25. The molecule has 1 heterocycles. The number of carbonyl (C=O) groups is 1. The molecule has 192 valence electrons. The molecule has 0 radical (unpaired) electrons. The fourth-order valence-corrected chi connectivity index (χ4v) is 4.34. The molecule has 0 fully saturated rings. The Bertz CT molecular complexity index is 1060. The van der Waals surface area contributed by atoms with Gasteiger partial charge in [-0.05, 0) is 84.1 Å². The molecular formula is C23H22BrClF6N2O2. The summed E-state index contributed by atoms with van der Waals surface area (Å²) in [6.07, 6.45) is -9.82. The Morgan fingerprint density at radius 1 is 1.11 bits per heavy atom. The van der Waals surface area contributed by atoms with Gasteiger partial charge in [-0.15, -0.1) is 0 Å². The molecule has 0 aliphatic carbocycles. The van der Waals surface area contributed by atoms with E-state index in [0.29, 0.717) is 52.3 Å². The molecule has 0 spiro atoms. The van der Waals surface area contributed by atoms with Crippen LogP contribution in [-0.2, 0) is 23.6 Å². The van der Waals surface area contributed by atoms with Gasteiger partial charge in [0.25, 0.3) is 0 Å². The Morgan fingerprint density at radius 2 is 1.71 bits per heavy atom. The quantitative estimate of drug-likeness (QED) is 0.368. The molecule has 1 unspecified atom stereocenters. The number of rotatable bonds is 4. The normalized spacial score (nSPS) is 16.8. The molecule has 1 N–H and O–H groups in total. The number of amides is 1. The zero-order chi connectivity index (χ0) is 26.1. The number of hydrogen-bond acceptors (Lipinski definition) is 3. The van der Waals surface area contributed by atoms with Crippen LogP contribution in [0.3, 0.4) is 0 Å². The number of carbonyl (C=O) groups excluding carboxylic acids is 1. The molecule has 1 aliphatic heterocycles. The molecule has 1 aliphatic rings. The maximum atomic E-state index is 13.2. The zero-order valence-corrected chi connectivity index (χ0v) is 21.0. The van der Waals surface area contributed by atoms with Gasteiger partial charge in [-0.2, -0.15) is 26.3 Å². The van der Waals surface area contributed by atoms with Gasteiger partial charge >= 0.3 is 18.4 Å². The second kappa shape index (κ2) is 10.6. The van der Waals surface area contributed by atoms with Crippen molar-refractivity contribution in [2.45, 2.75) is 57.7 Å². The van der Waals surface area contributed by atoms with Crippen molar-refractivity contribution in [3.8, 4) is 0 Å². The van der Waals surface area contributed by atoms with Crippen LogP contribution in [0.15, 0.2) is 34.8 Å². The molecule has 0 bridgehead atoms. The lowest BCUT2D eigenvalue weighted by molar-refractivity contribution is -0.143. The van der Waals surface area contributed by atoms with Crippen LogP contribution in [0.2, 0.25) is 5.02 Å². The van der Waals surface area contributed by atoms with Crippen LogP contribution >= 0.6 is 27.5 Å². The van der Waals surface area contributed by atoms with Gasteiger partial charge < -0.3 is 10.1 Å². The maximum absolute atomic E-state index is 13.2. The van der Waals surface area contributed by atoms with E-state index in [1.54, 1.807) is 26.0 Å². The fraction of sp³-hybridized carbons (Fsp3) is 0.435. The molecule has 35 heavy (non-hydrogen) atoms. The first kappa shape index (κ1) is 27.6. The molecule has 0 saturated carbocycles. The van der Waals surface area contributed by atoms with Crippen LogP contribution in [0.5, 0.6) is 0 Å². The molecule has 1 atom stereocenters. The van der Waals surface area contributed by atoms with E-state index in [1.165, 1.54) is 4.90 Å². The summed E-state index contributed by atoms with van der Waals surface area (Å²) in [6, 6.07) is 4.28. The number of hydrogen-bond donors (Lipinski definition) is 1. The summed E-state index contributed by atoms with van der Waals surface area (Å²) in [5.41, 5.74) is -1.84. The summed E-state index contributed by atoms with van der Waals surface area (Å²) in [4.78, 5) is 14.1. The van der Waals surface area contributed by atoms with Gasteiger partial charge in [0.05, 0.1) is 27.9 Å². The van der Waals surface area contributed by atoms with Crippen molar-refractivity contribution in [3.05, 3.63) is 62.1 Å². The van der Waals surface area contributed by atoms with E-state index >= 15 is 0 Å². The van der Waals surface area contributed by atoms with Crippen molar-refractivity contribution in [1.29, 1.82) is 0 Å². The van der Waals surface area contributed by atoms with Crippen molar-refractivity contribution < 1.29 is 35.9 Å². The first-order chi connectivity index (χ1) is 16.2. The zero-order valence-electron chi connectivity index (χ0n) is 18.7. The molecular weight excluding hydrogens is 566 g/mol. The monoisotopic (exact) mass is 586 g/mol. The van der Waals surface area contributed by atoms with Gasteiger partial charge in [0.1, 0.15) is 0 Å². The smallest absolute Gasteiger partial charge is 0.416 e. The molecule has 3 rings (SSSR count). The predicted molar refractivity (Wildman–Crippen MR) is 123 cm³/mol. The lowest BCUT2D eigenvalue weighted by atomic mass is 10.00. The van der Waals surface area contributed by atoms with Crippen LogP contribution in [0, 0.1) is 0 Å². The third-order valence-corrected chi connectivity index (χ3v) is 6.56. The van der Waals surface area contributed by atoms with Crippen LogP contribution in [-0.4, -0.2) is 18.7 Å². The number of benzene rings is 2. The minimum atomic E-state index is -4.93. The number of fused-ring (bicyclic) bond motifs is 1. The second-order valence-electron chi connectivity index (χ2n) is 8.40. The fourth-order valence-electron chi connectivity index (χ4n) is 3.82. The van der Waals surface area contributed by atoms with E-state index in [2.05, 4.69) is 21.2 Å². The molecule has 12 heteroatoms. The number of halogens is 8. The average molecular weight is 588 g/mol. The number of ether oxygens (including phenoxy) is 1. The third-order valence-electron chi connectivity index (χ3n) is 5.37. The predicted octanol–water partition coefficient (Wildman–Crippen LogP) is 8.12. The largest absolute Gasteiger partial charge is 0.446 e. The van der Waals surface area contributed by atoms with Crippen molar-refractivity contribution >= 4 is 39.3 Å². The van der Waals surface area contributed by atoms with E-state index in [0.717, 1.165) is 0 Å². The summed E-state index contributed by atoms with van der Waals surface area (Å²) in [5.74, 6) is 0. The van der Waals surface area contributed by atoms with Crippen molar-refractivity contribution in [1.82, 2.24) is 5.32 Å². The standard InChI is InChI=1S/C23H22BrClF6N2O2/c1-12(2)35-21(34)33-5-3-4-19(16-9-17(24)18(25)10-20(16)33)32-11-13-6-14(22(26,27)28)8-15(7-13)23(29,30)31/h6-10,12,19,32H,3-5,11H2,1-2H3. The number of nitrogens with one attached hydrogen (secondary N) is 1. The van der Waals surface area contributed by atoms with E-state index in [9.17, 15) is 31.1 Å². The van der Waals surface area contributed by atoms with Gasteiger partial charge in [0, 0.05) is 23.6 Å². The Kier molecular flexibility index (Phi) is 8.33. The van der Waals surface area contributed by atoms with Gasteiger partial charge in [-0.1, -0.05) is 11.6 Å². The Balaban J connectivity index is 1.95. The Labute approximate surface area is 211 Å². The maximum Gasteiger partial charge on any atom is 0.416 e. The highest BCUT2D eigenvalue weighted by Gasteiger charge is 2.37. The summed E-state index contributed by atoms with van der Waals surface area (Å²) in [6.45, 7) is 3.46. The average Bonchev–Trinajstić information content (AvgIpc) is 2.90. The number of alkyl halides is 6.